The first kappa shape index (κ1) is 27.0. The molecule has 0 N–H and O–H groups in total. The van der Waals surface area contributed by atoms with Gasteiger partial charge in [0.2, 0.25) is 0 Å². The molecule has 1 unspecified atom stereocenters. The van der Waals surface area contributed by atoms with Gasteiger partial charge >= 0.3 is 5.97 Å². The highest BCUT2D eigenvalue weighted by Crippen LogP contribution is 2.42. The lowest BCUT2D eigenvalue weighted by Crippen LogP contribution is -2.40. The number of hydrogen-bond acceptors (Lipinski definition) is 8. The minimum Gasteiger partial charge on any atom is -0.496 e. The molecule has 2 heterocycles. The second-order valence-corrected chi connectivity index (χ2v) is 9.77. The average Bonchev–Trinajstić information content (AvgIpc) is 3.30. The number of carbonyl (C=O) groups is 1. The molecule has 0 bridgehead atoms. The molecule has 1 aliphatic rings. The van der Waals surface area contributed by atoms with Crippen LogP contribution in [0, 0.1) is 0 Å². The fourth-order valence-corrected chi connectivity index (χ4v) is 5.78. The molecule has 0 saturated heterocycles. The number of rotatable bonds is 8. The number of ether oxygens (including phenoxy) is 4. The standard InChI is InChI=1S/C31H28N2O6S/c1-5-39-30(35)25-26(19-12-7-6-8-13-19)32-31-33(27(25)21-15-11-17-23(37-3)28(21)38-4)29(34)24(40-31)18-20-14-9-10-16-22(20)36-2/h6-18,27H,5H2,1-4H3. The number of esters is 1. The first-order valence-electron chi connectivity index (χ1n) is 12.6. The number of hydrogen-bond donors (Lipinski definition) is 0. The highest BCUT2D eigenvalue weighted by atomic mass is 32.1. The zero-order valence-electron chi connectivity index (χ0n) is 22.5. The van der Waals surface area contributed by atoms with Crippen molar-refractivity contribution in [3.8, 4) is 17.2 Å². The predicted octanol–water partition coefficient (Wildman–Crippen LogP) is 3.96. The number of aromatic nitrogens is 1. The van der Waals surface area contributed by atoms with Gasteiger partial charge in [0.15, 0.2) is 16.3 Å². The van der Waals surface area contributed by atoms with Gasteiger partial charge < -0.3 is 18.9 Å². The van der Waals surface area contributed by atoms with Gasteiger partial charge in [-0.15, -0.1) is 0 Å². The number of nitrogens with zero attached hydrogens (tertiary/aromatic N) is 2. The topological polar surface area (TPSA) is 88.4 Å². The lowest BCUT2D eigenvalue weighted by atomic mass is 9.92. The molecule has 0 radical (unpaired) electrons. The van der Waals surface area contributed by atoms with Gasteiger partial charge in [-0.05, 0) is 25.1 Å². The second kappa shape index (κ2) is 11.6. The predicted molar refractivity (Wildman–Crippen MR) is 154 cm³/mol. The van der Waals surface area contributed by atoms with Crippen molar-refractivity contribution in [2.75, 3.05) is 27.9 Å². The van der Waals surface area contributed by atoms with Crippen LogP contribution in [0.15, 0.2) is 88.2 Å². The maximum absolute atomic E-state index is 14.1. The molecule has 1 atom stereocenters. The summed E-state index contributed by atoms with van der Waals surface area (Å²) in [4.78, 5) is 33.1. The molecule has 0 aliphatic carbocycles. The molecule has 204 valence electrons. The van der Waals surface area contributed by atoms with Gasteiger partial charge in [-0.2, -0.15) is 0 Å². The normalized spacial score (nSPS) is 14.8. The Hall–Kier alpha value is -4.63. The highest BCUT2D eigenvalue weighted by Gasteiger charge is 2.37. The summed E-state index contributed by atoms with van der Waals surface area (Å²) in [7, 11) is 4.65. The number of thiazole rings is 1. The Labute approximate surface area is 235 Å². The second-order valence-electron chi connectivity index (χ2n) is 8.76. The van der Waals surface area contributed by atoms with Crippen LogP contribution in [0.1, 0.15) is 29.7 Å². The van der Waals surface area contributed by atoms with Crippen LogP contribution in [0.3, 0.4) is 0 Å². The Bertz CT molecular complexity index is 1770. The smallest absolute Gasteiger partial charge is 0.338 e. The van der Waals surface area contributed by atoms with Gasteiger partial charge in [-0.1, -0.05) is 72.0 Å². The van der Waals surface area contributed by atoms with E-state index in [0.717, 1.165) is 11.1 Å². The number of carbonyl (C=O) groups excluding carboxylic acids is 1. The fraction of sp³-hybridized carbons (Fsp3) is 0.194. The van der Waals surface area contributed by atoms with Crippen LogP contribution >= 0.6 is 11.3 Å². The van der Waals surface area contributed by atoms with Gasteiger partial charge in [-0.25, -0.2) is 9.79 Å². The van der Waals surface area contributed by atoms with E-state index in [0.29, 0.717) is 37.8 Å². The Balaban J connectivity index is 1.89. The maximum Gasteiger partial charge on any atom is 0.338 e. The highest BCUT2D eigenvalue weighted by molar-refractivity contribution is 7.07. The molecule has 4 aromatic rings. The summed E-state index contributed by atoms with van der Waals surface area (Å²) < 4.78 is 24.3. The Kier molecular flexibility index (Phi) is 7.84. The third-order valence-electron chi connectivity index (χ3n) is 6.53. The molecule has 0 spiro atoms. The summed E-state index contributed by atoms with van der Waals surface area (Å²) in [6.07, 6.45) is 1.78. The number of para-hydroxylation sites is 2. The summed E-state index contributed by atoms with van der Waals surface area (Å²) in [5.41, 5.74) is 2.39. The van der Waals surface area contributed by atoms with Crippen LogP contribution in [0.2, 0.25) is 0 Å². The molecule has 3 aromatic carbocycles. The van der Waals surface area contributed by atoms with Gasteiger partial charge in [0, 0.05) is 16.7 Å². The van der Waals surface area contributed by atoms with E-state index in [2.05, 4.69) is 0 Å². The summed E-state index contributed by atoms with van der Waals surface area (Å²) in [6.45, 7) is 1.90. The van der Waals surface area contributed by atoms with E-state index in [1.54, 1.807) is 32.2 Å². The third kappa shape index (κ3) is 4.80. The van der Waals surface area contributed by atoms with Gasteiger partial charge in [0.05, 0.1) is 43.7 Å². The third-order valence-corrected chi connectivity index (χ3v) is 7.51. The molecule has 0 fully saturated rings. The summed E-state index contributed by atoms with van der Waals surface area (Å²) in [6, 6.07) is 21.3. The first-order chi connectivity index (χ1) is 19.5. The molecular weight excluding hydrogens is 528 g/mol. The summed E-state index contributed by atoms with van der Waals surface area (Å²) >= 11 is 1.24. The van der Waals surface area contributed by atoms with Crippen LogP contribution in [0.5, 0.6) is 17.2 Å². The minimum atomic E-state index is -0.893. The van der Waals surface area contributed by atoms with E-state index < -0.39 is 12.0 Å². The van der Waals surface area contributed by atoms with Crippen molar-refractivity contribution < 1.29 is 23.7 Å². The summed E-state index contributed by atoms with van der Waals surface area (Å²) in [5, 5.41) is 0. The quantitative estimate of drug-likeness (QED) is 0.306. The van der Waals surface area contributed by atoms with Crippen LogP contribution in [-0.4, -0.2) is 38.5 Å². The lowest BCUT2D eigenvalue weighted by Gasteiger charge is -2.27. The fourth-order valence-electron chi connectivity index (χ4n) is 4.79. The molecule has 40 heavy (non-hydrogen) atoms. The molecule has 8 nitrogen and oxygen atoms in total. The van der Waals surface area contributed by atoms with Crippen molar-refractivity contribution in [1.82, 2.24) is 4.57 Å². The minimum absolute atomic E-state index is 0.157. The van der Waals surface area contributed by atoms with Crippen LogP contribution in [0.25, 0.3) is 11.8 Å². The van der Waals surface area contributed by atoms with Crippen molar-refractivity contribution in [2.24, 2.45) is 4.99 Å². The SMILES string of the molecule is CCOC(=O)C1=C(c2ccccc2)N=c2sc(=Cc3ccccc3OC)c(=O)n2C1c1cccc(OC)c1OC. The van der Waals surface area contributed by atoms with Crippen LogP contribution in [0.4, 0.5) is 0 Å². The molecular formula is C31H28N2O6S. The van der Waals surface area contributed by atoms with E-state index in [-0.39, 0.29) is 17.7 Å². The Morgan fingerprint density at radius 2 is 1.62 bits per heavy atom. The largest absolute Gasteiger partial charge is 0.496 e. The number of methoxy groups -OCH3 is 3. The number of fused-ring (bicyclic) bond motifs is 1. The molecule has 9 heteroatoms. The maximum atomic E-state index is 14.1. The molecule has 0 saturated carbocycles. The van der Waals surface area contributed by atoms with E-state index in [1.807, 2.05) is 60.7 Å². The van der Waals surface area contributed by atoms with E-state index >= 15 is 0 Å². The average molecular weight is 557 g/mol. The zero-order valence-corrected chi connectivity index (χ0v) is 23.4. The van der Waals surface area contributed by atoms with Crippen molar-refractivity contribution in [1.29, 1.82) is 0 Å². The van der Waals surface area contributed by atoms with Gasteiger partial charge in [0.1, 0.15) is 11.8 Å². The van der Waals surface area contributed by atoms with Crippen molar-refractivity contribution in [2.45, 2.75) is 13.0 Å². The van der Waals surface area contributed by atoms with Crippen molar-refractivity contribution in [3.63, 3.8) is 0 Å². The molecule has 0 amide bonds. The van der Waals surface area contributed by atoms with Gasteiger partial charge in [-0.3, -0.25) is 9.36 Å². The van der Waals surface area contributed by atoms with E-state index in [1.165, 1.54) is 30.1 Å². The Morgan fingerprint density at radius 1 is 0.925 bits per heavy atom. The van der Waals surface area contributed by atoms with Gasteiger partial charge in [0.25, 0.3) is 5.56 Å². The molecule has 5 rings (SSSR count). The zero-order chi connectivity index (χ0) is 28.2. The molecule has 1 aliphatic heterocycles. The van der Waals surface area contributed by atoms with E-state index in [9.17, 15) is 9.59 Å². The Morgan fingerprint density at radius 3 is 2.33 bits per heavy atom. The van der Waals surface area contributed by atoms with Crippen molar-refractivity contribution in [3.05, 3.63) is 115 Å². The monoisotopic (exact) mass is 556 g/mol. The lowest BCUT2D eigenvalue weighted by molar-refractivity contribution is -0.138. The van der Waals surface area contributed by atoms with E-state index in [4.69, 9.17) is 23.9 Å². The van der Waals surface area contributed by atoms with Crippen molar-refractivity contribution >= 4 is 29.1 Å². The molecule has 1 aromatic heterocycles. The van der Waals surface area contributed by atoms with Crippen LogP contribution < -0.4 is 29.1 Å². The first-order valence-corrected chi connectivity index (χ1v) is 13.5. The summed E-state index contributed by atoms with van der Waals surface area (Å²) in [5.74, 6) is 0.943. The number of benzene rings is 3. The van der Waals surface area contributed by atoms with Crippen LogP contribution in [-0.2, 0) is 9.53 Å².